The molecule has 0 bridgehead atoms. The Kier molecular flexibility index (Phi) is 7.46. The molecule has 2 heterocycles. The molecule has 2 amide bonds. The van der Waals surface area contributed by atoms with E-state index in [4.69, 9.17) is 0 Å². The molecule has 0 saturated carbocycles. The molecule has 16 heteroatoms. The molecule has 1 unspecified atom stereocenters. The predicted octanol–water partition coefficient (Wildman–Crippen LogP) is 5.03. The highest BCUT2D eigenvalue weighted by atomic mass is 32.2. The number of halogens is 9. The number of sulfone groups is 1. The van der Waals surface area contributed by atoms with Gasteiger partial charge >= 0.3 is 18.5 Å². The van der Waals surface area contributed by atoms with E-state index in [1.165, 1.54) is 5.32 Å². The van der Waals surface area contributed by atoms with Crippen LogP contribution in [0.15, 0.2) is 48.5 Å². The predicted molar refractivity (Wildman–Crippen MR) is 126 cm³/mol. The van der Waals surface area contributed by atoms with Crippen molar-refractivity contribution in [1.29, 1.82) is 0 Å². The Hall–Kier alpha value is -3.56. The van der Waals surface area contributed by atoms with Crippen LogP contribution < -0.4 is 5.32 Å². The second-order valence-electron chi connectivity index (χ2n) is 9.94. The summed E-state index contributed by atoms with van der Waals surface area (Å²) in [5.41, 5.74) is -5.39. The van der Waals surface area contributed by atoms with Gasteiger partial charge in [0.2, 0.25) is 5.91 Å². The van der Waals surface area contributed by atoms with E-state index in [1.807, 2.05) is 0 Å². The van der Waals surface area contributed by atoms with Crippen LogP contribution in [0, 0.1) is 5.41 Å². The zero-order valence-corrected chi connectivity index (χ0v) is 21.3. The van der Waals surface area contributed by atoms with E-state index in [9.17, 15) is 57.5 Å². The number of hydrogen-bond acceptors (Lipinski definition) is 4. The summed E-state index contributed by atoms with van der Waals surface area (Å²) < 4.78 is 144. The maximum atomic E-state index is 13.8. The summed E-state index contributed by atoms with van der Waals surface area (Å²) in [5, 5.41) is 1.51. The van der Waals surface area contributed by atoms with Crippen LogP contribution in [0.25, 0.3) is 6.08 Å². The summed E-state index contributed by atoms with van der Waals surface area (Å²) in [4.78, 5) is 26.0. The van der Waals surface area contributed by atoms with Gasteiger partial charge in [0.15, 0.2) is 15.9 Å². The molecule has 2 aliphatic rings. The first-order chi connectivity index (χ1) is 18.7. The zero-order chi connectivity index (χ0) is 30.6. The topological polar surface area (TPSA) is 83.6 Å². The Morgan fingerprint density at radius 3 is 2.07 bits per heavy atom. The standard InChI is InChI=1S/C25H19F9N2O4S/c26-23(27,28)16-3-1-2-15(9-16)20(25(32,33)34)35-19(37)7-5-14-4-6-17(18(8-14)24(29,30)31)21(38)36-10-22(11-36)12-41(39,40)13-22/h1-9,20H,10-13H2,(H,35,37)/b7-5+. The quantitative estimate of drug-likeness (QED) is 0.379. The van der Waals surface area contributed by atoms with Gasteiger partial charge in [0.05, 0.1) is 28.2 Å². The lowest BCUT2D eigenvalue weighted by Gasteiger charge is -2.54. The fraction of sp³-hybridized carbons (Fsp3) is 0.360. The second-order valence-corrected chi connectivity index (χ2v) is 12.0. The number of alkyl halides is 9. The van der Waals surface area contributed by atoms with Gasteiger partial charge < -0.3 is 10.2 Å². The van der Waals surface area contributed by atoms with Gasteiger partial charge in [0.25, 0.3) is 5.91 Å². The largest absolute Gasteiger partial charge is 0.417 e. The highest BCUT2D eigenvalue weighted by molar-refractivity contribution is 7.92. The van der Waals surface area contributed by atoms with Gasteiger partial charge in [-0.1, -0.05) is 18.2 Å². The first-order valence-corrected chi connectivity index (χ1v) is 13.4. The lowest BCUT2D eigenvalue weighted by molar-refractivity contribution is -0.162. The molecule has 2 fully saturated rings. The summed E-state index contributed by atoms with van der Waals surface area (Å²) >= 11 is 0. The monoisotopic (exact) mass is 614 g/mol. The van der Waals surface area contributed by atoms with Crippen LogP contribution in [0.4, 0.5) is 39.5 Å². The van der Waals surface area contributed by atoms with Gasteiger partial charge in [-0.05, 0) is 41.5 Å². The molecule has 0 aliphatic carbocycles. The molecule has 2 saturated heterocycles. The summed E-state index contributed by atoms with van der Waals surface area (Å²) in [6, 6.07) is 1.73. The van der Waals surface area contributed by atoms with E-state index in [0.717, 1.165) is 35.2 Å². The smallest absolute Gasteiger partial charge is 0.337 e. The molecular formula is C25H19F9N2O4S. The van der Waals surface area contributed by atoms with Crippen LogP contribution in [-0.2, 0) is 27.0 Å². The molecule has 1 N–H and O–H groups in total. The van der Waals surface area contributed by atoms with E-state index in [2.05, 4.69) is 0 Å². The van der Waals surface area contributed by atoms with Crippen LogP contribution in [0.5, 0.6) is 0 Å². The minimum atomic E-state index is -5.21. The summed E-state index contributed by atoms with van der Waals surface area (Å²) in [6.07, 6.45) is -14.0. The van der Waals surface area contributed by atoms with E-state index in [-0.39, 0.29) is 36.2 Å². The SMILES string of the molecule is O=C(/C=C/c1ccc(C(=O)N2CC3(C2)CS(=O)(=O)C3)c(C(F)(F)F)c1)NC(c1cccc(C(F)(F)F)c1)C(F)(F)F. The molecule has 6 nitrogen and oxygen atoms in total. The summed E-state index contributed by atoms with van der Waals surface area (Å²) in [6.45, 7) is -0.0626. The Morgan fingerprint density at radius 1 is 0.902 bits per heavy atom. The minimum Gasteiger partial charge on any atom is -0.337 e. The van der Waals surface area contributed by atoms with Crippen molar-refractivity contribution >= 4 is 27.7 Å². The number of carbonyl (C=O) groups excluding carboxylic acids is 2. The molecule has 4 rings (SSSR count). The summed E-state index contributed by atoms with van der Waals surface area (Å²) in [5.74, 6) is -2.77. The number of nitrogens with zero attached hydrogens (tertiary/aromatic N) is 1. The summed E-state index contributed by atoms with van der Waals surface area (Å²) in [7, 11) is -3.22. The van der Waals surface area contributed by atoms with Crippen molar-refractivity contribution in [2.24, 2.45) is 5.41 Å². The number of hydrogen-bond donors (Lipinski definition) is 1. The average molecular weight is 614 g/mol. The van der Waals surface area contributed by atoms with Crippen molar-refractivity contribution < 1.29 is 57.5 Å². The van der Waals surface area contributed by atoms with Gasteiger partial charge in [-0.2, -0.15) is 39.5 Å². The van der Waals surface area contributed by atoms with Gasteiger partial charge in [-0.3, -0.25) is 9.59 Å². The van der Waals surface area contributed by atoms with Crippen LogP contribution in [0.2, 0.25) is 0 Å². The van der Waals surface area contributed by atoms with Crippen LogP contribution in [-0.4, -0.2) is 55.9 Å². The number of benzene rings is 2. The fourth-order valence-electron chi connectivity index (χ4n) is 4.85. The highest BCUT2D eigenvalue weighted by Gasteiger charge is 2.57. The van der Waals surface area contributed by atoms with Crippen LogP contribution in [0.3, 0.4) is 0 Å². The molecule has 0 aromatic heterocycles. The van der Waals surface area contributed by atoms with Gasteiger partial charge in [-0.15, -0.1) is 0 Å². The Morgan fingerprint density at radius 2 is 1.54 bits per heavy atom. The molecule has 2 aromatic rings. The van der Waals surface area contributed by atoms with Crippen molar-refractivity contribution in [3.8, 4) is 0 Å². The Labute approximate surface area is 226 Å². The lowest BCUT2D eigenvalue weighted by Crippen LogP contribution is -2.69. The van der Waals surface area contributed by atoms with E-state index in [0.29, 0.717) is 18.2 Å². The molecule has 2 aromatic carbocycles. The van der Waals surface area contributed by atoms with Crippen LogP contribution >= 0.6 is 0 Å². The number of nitrogens with one attached hydrogen (secondary N) is 1. The minimum absolute atomic E-state index is 0.0313. The molecule has 1 spiro atoms. The third kappa shape index (κ3) is 6.68. The second kappa shape index (κ2) is 10.1. The van der Waals surface area contributed by atoms with Crippen molar-refractivity contribution in [2.75, 3.05) is 24.6 Å². The molecule has 0 radical (unpaired) electrons. The Balaban J connectivity index is 1.51. The lowest BCUT2D eigenvalue weighted by atomic mass is 9.82. The number of carbonyl (C=O) groups is 2. The van der Waals surface area contributed by atoms with Gasteiger partial charge in [0, 0.05) is 24.6 Å². The average Bonchev–Trinajstić information content (AvgIpc) is 2.80. The van der Waals surface area contributed by atoms with E-state index in [1.54, 1.807) is 0 Å². The van der Waals surface area contributed by atoms with Crippen molar-refractivity contribution in [1.82, 2.24) is 10.2 Å². The van der Waals surface area contributed by atoms with Crippen molar-refractivity contribution in [3.05, 3.63) is 76.4 Å². The number of amides is 2. The third-order valence-corrected chi connectivity index (χ3v) is 8.66. The third-order valence-electron chi connectivity index (χ3n) is 6.56. The highest BCUT2D eigenvalue weighted by Crippen LogP contribution is 2.43. The van der Waals surface area contributed by atoms with E-state index < -0.39 is 73.9 Å². The zero-order valence-electron chi connectivity index (χ0n) is 20.5. The number of likely N-dealkylation sites (tertiary alicyclic amines) is 1. The van der Waals surface area contributed by atoms with Crippen molar-refractivity contribution in [3.63, 3.8) is 0 Å². The maximum Gasteiger partial charge on any atom is 0.417 e. The molecule has 222 valence electrons. The van der Waals surface area contributed by atoms with E-state index >= 15 is 0 Å². The van der Waals surface area contributed by atoms with Gasteiger partial charge in [-0.25, -0.2) is 8.42 Å². The molecule has 41 heavy (non-hydrogen) atoms. The molecule has 1 atom stereocenters. The van der Waals surface area contributed by atoms with Crippen molar-refractivity contribution in [2.45, 2.75) is 24.6 Å². The first kappa shape index (κ1) is 30.4. The fourth-order valence-corrected chi connectivity index (χ4v) is 6.99. The maximum absolute atomic E-state index is 13.8. The number of rotatable bonds is 5. The van der Waals surface area contributed by atoms with Gasteiger partial charge in [0.1, 0.15) is 0 Å². The first-order valence-electron chi connectivity index (χ1n) is 11.6. The molecular weight excluding hydrogens is 595 g/mol. The molecule has 2 aliphatic heterocycles. The van der Waals surface area contributed by atoms with Crippen LogP contribution in [0.1, 0.15) is 38.7 Å². The Bertz CT molecular complexity index is 1490. The normalized spacial score (nSPS) is 19.0.